The van der Waals surface area contributed by atoms with Crippen molar-refractivity contribution in [2.75, 3.05) is 19.0 Å². The van der Waals surface area contributed by atoms with Gasteiger partial charge in [0.15, 0.2) is 5.11 Å². The SMILES string of the molecule is CCCCCCCCNC(=S)Nc1sc(Cc2ccccc2)cc1C(=O)OC. The highest BCUT2D eigenvalue weighted by Gasteiger charge is 2.17. The number of carbonyl (C=O) groups is 1. The van der Waals surface area contributed by atoms with Gasteiger partial charge in [0.25, 0.3) is 0 Å². The van der Waals surface area contributed by atoms with Crippen molar-refractivity contribution < 1.29 is 9.53 Å². The third-order valence-electron chi connectivity index (χ3n) is 4.45. The van der Waals surface area contributed by atoms with E-state index >= 15 is 0 Å². The molecule has 1 heterocycles. The van der Waals surface area contributed by atoms with Crippen molar-refractivity contribution in [3.63, 3.8) is 0 Å². The number of benzene rings is 1. The smallest absolute Gasteiger partial charge is 0.340 e. The third kappa shape index (κ3) is 7.60. The predicted molar refractivity (Wildman–Crippen MR) is 123 cm³/mol. The molecular weight excluding hydrogens is 388 g/mol. The number of hydrogen-bond donors (Lipinski definition) is 2. The molecule has 4 nitrogen and oxygen atoms in total. The number of rotatable bonds is 11. The van der Waals surface area contributed by atoms with Crippen molar-refractivity contribution >= 4 is 39.6 Å². The maximum Gasteiger partial charge on any atom is 0.340 e. The normalized spacial score (nSPS) is 10.5. The Labute approximate surface area is 177 Å². The second-order valence-electron chi connectivity index (χ2n) is 6.76. The van der Waals surface area contributed by atoms with E-state index in [2.05, 4.69) is 29.7 Å². The van der Waals surface area contributed by atoms with Gasteiger partial charge in [0, 0.05) is 17.8 Å². The molecule has 0 saturated heterocycles. The zero-order valence-electron chi connectivity index (χ0n) is 16.8. The molecule has 152 valence electrons. The first-order chi connectivity index (χ1) is 13.6. The Morgan fingerprint density at radius 3 is 2.54 bits per heavy atom. The minimum atomic E-state index is -0.350. The van der Waals surface area contributed by atoms with Gasteiger partial charge in [0.2, 0.25) is 0 Å². The van der Waals surface area contributed by atoms with Crippen LogP contribution in [0.25, 0.3) is 0 Å². The topological polar surface area (TPSA) is 50.4 Å². The van der Waals surface area contributed by atoms with Gasteiger partial charge in [-0.1, -0.05) is 69.4 Å². The monoisotopic (exact) mass is 418 g/mol. The van der Waals surface area contributed by atoms with E-state index in [9.17, 15) is 4.79 Å². The molecule has 28 heavy (non-hydrogen) atoms. The Morgan fingerprint density at radius 1 is 1.11 bits per heavy atom. The van der Waals surface area contributed by atoms with Crippen LogP contribution in [0, 0.1) is 0 Å². The summed E-state index contributed by atoms with van der Waals surface area (Å²) in [6, 6.07) is 12.1. The van der Waals surface area contributed by atoms with Crippen molar-refractivity contribution in [1.82, 2.24) is 5.32 Å². The highest BCUT2D eigenvalue weighted by Crippen LogP contribution is 2.30. The fourth-order valence-electron chi connectivity index (χ4n) is 2.94. The first-order valence-corrected chi connectivity index (χ1v) is 11.2. The molecule has 0 unspecified atom stereocenters. The number of hydrogen-bond acceptors (Lipinski definition) is 4. The summed E-state index contributed by atoms with van der Waals surface area (Å²) in [7, 11) is 1.40. The Kier molecular flexibility index (Phi) is 10.0. The van der Waals surface area contributed by atoms with Crippen molar-refractivity contribution in [2.45, 2.75) is 51.9 Å². The molecule has 1 aromatic heterocycles. The van der Waals surface area contributed by atoms with E-state index in [4.69, 9.17) is 17.0 Å². The molecule has 2 N–H and O–H groups in total. The summed E-state index contributed by atoms with van der Waals surface area (Å²) in [5, 5.41) is 7.70. The van der Waals surface area contributed by atoms with Gasteiger partial charge in [-0.05, 0) is 30.3 Å². The van der Waals surface area contributed by atoms with Gasteiger partial charge >= 0.3 is 5.97 Å². The zero-order chi connectivity index (χ0) is 20.2. The number of esters is 1. The Bertz CT molecular complexity index is 744. The number of thiophene rings is 1. The van der Waals surface area contributed by atoms with Gasteiger partial charge < -0.3 is 15.4 Å². The summed E-state index contributed by atoms with van der Waals surface area (Å²) in [4.78, 5) is 13.2. The minimum absolute atomic E-state index is 0.350. The molecule has 1 aromatic carbocycles. The summed E-state index contributed by atoms with van der Waals surface area (Å²) in [6.07, 6.45) is 8.24. The number of carbonyl (C=O) groups excluding carboxylic acids is 1. The summed E-state index contributed by atoms with van der Waals surface area (Å²) in [5.41, 5.74) is 1.73. The second kappa shape index (κ2) is 12.5. The van der Waals surface area contributed by atoms with E-state index in [0.717, 1.165) is 29.3 Å². The maximum atomic E-state index is 12.1. The largest absolute Gasteiger partial charge is 0.465 e. The van der Waals surface area contributed by atoms with E-state index in [1.807, 2.05) is 24.3 Å². The van der Waals surface area contributed by atoms with Crippen LogP contribution in [0.5, 0.6) is 0 Å². The fourth-order valence-corrected chi connectivity index (χ4v) is 4.29. The molecule has 0 spiro atoms. The van der Waals surface area contributed by atoms with Gasteiger partial charge in [-0.2, -0.15) is 0 Å². The number of methoxy groups -OCH3 is 1. The molecule has 0 aliphatic carbocycles. The maximum absolute atomic E-state index is 12.1. The van der Waals surface area contributed by atoms with Crippen LogP contribution >= 0.6 is 23.6 Å². The molecule has 0 saturated carbocycles. The lowest BCUT2D eigenvalue weighted by Gasteiger charge is -2.10. The summed E-state index contributed by atoms with van der Waals surface area (Å²) < 4.78 is 4.93. The molecule has 0 aliphatic heterocycles. The average molecular weight is 419 g/mol. The molecule has 0 atom stereocenters. The number of anilines is 1. The van der Waals surface area contributed by atoms with Gasteiger partial charge in [-0.3, -0.25) is 0 Å². The minimum Gasteiger partial charge on any atom is -0.465 e. The lowest BCUT2D eigenvalue weighted by molar-refractivity contribution is 0.0602. The molecule has 0 fully saturated rings. The Balaban J connectivity index is 1.89. The van der Waals surface area contributed by atoms with Crippen LogP contribution in [0.2, 0.25) is 0 Å². The van der Waals surface area contributed by atoms with E-state index in [1.165, 1.54) is 56.1 Å². The lowest BCUT2D eigenvalue weighted by atomic mass is 10.1. The molecule has 2 rings (SSSR count). The quantitative estimate of drug-likeness (QED) is 0.275. The number of nitrogens with one attached hydrogen (secondary N) is 2. The molecule has 0 radical (unpaired) electrons. The van der Waals surface area contributed by atoms with Crippen molar-refractivity contribution in [3.05, 3.63) is 52.4 Å². The average Bonchev–Trinajstić information content (AvgIpc) is 3.09. The number of thiocarbonyl (C=S) groups is 1. The van der Waals surface area contributed by atoms with E-state index in [0.29, 0.717) is 10.7 Å². The standard InChI is InChI=1S/C22H30N2O2S2/c1-3-4-5-6-7-11-14-23-22(27)24-20-19(21(25)26-2)16-18(28-20)15-17-12-9-8-10-13-17/h8-10,12-13,16H,3-7,11,14-15H2,1-2H3,(H2,23,24,27). The summed E-state index contributed by atoms with van der Waals surface area (Å²) >= 11 is 6.95. The van der Waals surface area contributed by atoms with E-state index in [1.54, 1.807) is 0 Å². The zero-order valence-corrected chi connectivity index (χ0v) is 18.4. The summed E-state index contributed by atoms with van der Waals surface area (Å²) in [5.74, 6) is -0.350. The number of unbranched alkanes of at least 4 members (excludes halogenated alkanes) is 5. The molecule has 6 heteroatoms. The van der Waals surface area contributed by atoms with Crippen LogP contribution in [0.1, 0.15) is 66.2 Å². The molecule has 0 amide bonds. The van der Waals surface area contributed by atoms with Crippen LogP contribution in [-0.2, 0) is 11.2 Å². The highest BCUT2D eigenvalue weighted by molar-refractivity contribution is 7.80. The lowest BCUT2D eigenvalue weighted by Crippen LogP contribution is -2.29. The van der Waals surface area contributed by atoms with Gasteiger partial charge in [-0.15, -0.1) is 11.3 Å². The van der Waals surface area contributed by atoms with Crippen LogP contribution in [-0.4, -0.2) is 24.7 Å². The number of ether oxygens (including phenoxy) is 1. The first-order valence-electron chi connectivity index (χ1n) is 9.93. The Morgan fingerprint density at radius 2 is 1.82 bits per heavy atom. The van der Waals surface area contributed by atoms with E-state index < -0.39 is 0 Å². The third-order valence-corrected chi connectivity index (χ3v) is 5.75. The van der Waals surface area contributed by atoms with Crippen LogP contribution < -0.4 is 10.6 Å². The molecule has 2 aromatic rings. The molecular formula is C22H30N2O2S2. The Hall–Kier alpha value is -1.92. The molecule has 0 bridgehead atoms. The van der Waals surface area contributed by atoms with Crippen LogP contribution in [0.3, 0.4) is 0 Å². The summed E-state index contributed by atoms with van der Waals surface area (Å²) in [6.45, 7) is 3.07. The van der Waals surface area contributed by atoms with E-state index in [-0.39, 0.29) is 5.97 Å². The fraction of sp³-hybridized carbons (Fsp3) is 0.455. The highest BCUT2D eigenvalue weighted by atomic mass is 32.1. The van der Waals surface area contributed by atoms with Crippen molar-refractivity contribution in [1.29, 1.82) is 0 Å². The predicted octanol–water partition coefficient (Wildman–Crippen LogP) is 5.77. The first kappa shape index (κ1) is 22.4. The second-order valence-corrected chi connectivity index (χ2v) is 8.30. The van der Waals surface area contributed by atoms with Crippen molar-refractivity contribution in [2.24, 2.45) is 0 Å². The van der Waals surface area contributed by atoms with Gasteiger partial charge in [-0.25, -0.2) is 4.79 Å². The molecule has 0 aliphatic rings. The van der Waals surface area contributed by atoms with Crippen molar-refractivity contribution in [3.8, 4) is 0 Å². The van der Waals surface area contributed by atoms with Gasteiger partial charge in [0.05, 0.1) is 12.7 Å². The van der Waals surface area contributed by atoms with Gasteiger partial charge in [0.1, 0.15) is 5.00 Å². The van der Waals surface area contributed by atoms with Crippen LogP contribution in [0.4, 0.5) is 5.00 Å². The van der Waals surface area contributed by atoms with Crippen LogP contribution in [0.15, 0.2) is 36.4 Å².